The summed E-state index contributed by atoms with van der Waals surface area (Å²) in [5.74, 6) is -3.08. The van der Waals surface area contributed by atoms with Gasteiger partial charge in [0, 0.05) is 11.4 Å². The molecule has 3 saturated heterocycles. The van der Waals surface area contributed by atoms with Gasteiger partial charge in [0.05, 0.1) is 42.7 Å². The van der Waals surface area contributed by atoms with Crippen molar-refractivity contribution >= 4 is 44.7 Å². The molecule has 0 saturated carbocycles. The molecule has 1 N–H and O–H groups in total. The topological polar surface area (TPSA) is 127 Å². The van der Waals surface area contributed by atoms with Gasteiger partial charge in [-0.3, -0.25) is 14.4 Å². The zero-order valence-electron chi connectivity index (χ0n) is 23.0. The fourth-order valence-corrected chi connectivity index (χ4v) is 7.70. The van der Waals surface area contributed by atoms with E-state index < -0.39 is 41.6 Å². The van der Waals surface area contributed by atoms with Crippen LogP contribution in [0.15, 0.2) is 36.9 Å². The maximum absolute atomic E-state index is 14.6. The molecule has 1 aromatic carbocycles. The number of halogens is 1. The maximum Gasteiger partial charge on any atom is 0.312 e. The van der Waals surface area contributed by atoms with Crippen LogP contribution in [0.25, 0.3) is 11.0 Å². The Morgan fingerprint density at radius 1 is 1.38 bits per heavy atom. The largest absolute Gasteiger partial charge is 0.466 e. The molecule has 1 unspecified atom stereocenters. The van der Waals surface area contributed by atoms with Crippen molar-refractivity contribution in [2.45, 2.75) is 68.9 Å². The van der Waals surface area contributed by atoms with Gasteiger partial charge < -0.3 is 24.4 Å². The van der Waals surface area contributed by atoms with E-state index in [0.717, 1.165) is 5.52 Å². The lowest BCUT2D eigenvalue weighted by atomic mass is 9.70. The Morgan fingerprint density at radius 3 is 2.80 bits per heavy atom. The predicted molar refractivity (Wildman–Crippen MR) is 149 cm³/mol. The summed E-state index contributed by atoms with van der Waals surface area (Å²) < 4.78 is 13.6. The first kappa shape index (κ1) is 28.7. The molecule has 3 fully saturated rings. The third kappa shape index (κ3) is 4.35. The summed E-state index contributed by atoms with van der Waals surface area (Å²) in [5, 5.41) is 19.0. The van der Waals surface area contributed by atoms with E-state index in [4.69, 9.17) is 9.47 Å². The number of aliphatic hydroxyl groups is 1. The van der Waals surface area contributed by atoms with Gasteiger partial charge in [-0.15, -0.1) is 11.7 Å². The average molecular weight is 619 g/mol. The zero-order chi connectivity index (χ0) is 28.8. The lowest BCUT2D eigenvalue weighted by Crippen LogP contribution is -2.60. The SMILES string of the molecule is C=CCN(Cn1nnc2ccccc21)C(=O)[C@H]1N([C@@H](CO)[C@@H](C)CC)C(=O)[C@@H]2[C@@H](C(=O)OCC)[C@@H]3O[C@@]21CC3Br. The highest BCUT2D eigenvalue weighted by atomic mass is 79.9. The van der Waals surface area contributed by atoms with E-state index in [1.54, 1.807) is 22.6 Å². The molecule has 5 rings (SSSR count). The number of esters is 1. The van der Waals surface area contributed by atoms with Crippen LogP contribution in [-0.4, -0.2) is 96.1 Å². The number of alkyl halides is 1. The average Bonchev–Trinajstić information content (AvgIpc) is 3.66. The van der Waals surface area contributed by atoms with Gasteiger partial charge in [-0.05, 0) is 31.4 Å². The quantitative estimate of drug-likeness (QED) is 0.231. The Hall–Kier alpha value is -2.83. The molecule has 0 aliphatic carbocycles. The second kappa shape index (κ2) is 11.2. The van der Waals surface area contributed by atoms with Gasteiger partial charge in [-0.1, -0.05) is 59.6 Å². The van der Waals surface area contributed by atoms with Crippen LogP contribution in [0.5, 0.6) is 0 Å². The number of carbonyl (C=O) groups excluding carboxylic acids is 3. The van der Waals surface area contributed by atoms with Crippen LogP contribution in [0.1, 0.15) is 33.6 Å². The van der Waals surface area contributed by atoms with Crippen molar-refractivity contribution in [2.75, 3.05) is 19.8 Å². The van der Waals surface area contributed by atoms with Gasteiger partial charge in [0.2, 0.25) is 11.8 Å². The minimum absolute atomic E-state index is 0.0697. The first-order chi connectivity index (χ1) is 19.2. The van der Waals surface area contributed by atoms with Crippen molar-refractivity contribution in [1.82, 2.24) is 24.8 Å². The number of ether oxygens (including phenoxy) is 2. The number of nitrogens with zero attached hydrogens (tertiary/aromatic N) is 5. The molecule has 1 spiro atoms. The van der Waals surface area contributed by atoms with Crippen molar-refractivity contribution < 1.29 is 29.0 Å². The fraction of sp³-hybridized carbons (Fsp3) is 0.607. The monoisotopic (exact) mass is 617 g/mol. The first-order valence-corrected chi connectivity index (χ1v) is 14.7. The summed E-state index contributed by atoms with van der Waals surface area (Å²) in [4.78, 5) is 45.0. The molecule has 40 heavy (non-hydrogen) atoms. The van der Waals surface area contributed by atoms with Gasteiger partial charge >= 0.3 is 5.97 Å². The number of rotatable bonds is 11. The van der Waals surface area contributed by atoms with Crippen LogP contribution in [0.3, 0.4) is 0 Å². The number of fused-ring (bicyclic) bond motifs is 2. The highest BCUT2D eigenvalue weighted by Gasteiger charge is 2.77. The zero-order valence-corrected chi connectivity index (χ0v) is 24.6. The van der Waals surface area contributed by atoms with Crippen LogP contribution in [-0.2, 0) is 30.5 Å². The molecule has 11 nitrogen and oxygen atoms in total. The number of hydrogen-bond donors (Lipinski definition) is 1. The van der Waals surface area contributed by atoms with E-state index in [0.29, 0.717) is 18.4 Å². The number of para-hydroxylation sites is 1. The van der Waals surface area contributed by atoms with Crippen LogP contribution >= 0.6 is 15.9 Å². The summed E-state index contributed by atoms with van der Waals surface area (Å²) in [6.07, 6.45) is 2.06. The smallest absolute Gasteiger partial charge is 0.312 e. The van der Waals surface area contributed by atoms with Gasteiger partial charge in [0.15, 0.2) is 0 Å². The Morgan fingerprint density at radius 2 is 2.12 bits per heavy atom. The molecule has 2 amide bonds. The van der Waals surface area contributed by atoms with Crippen LogP contribution in [0, 0.1) is 17.8 Å². The number of aromatic nitrogens is 3. The summed E-state index contributed by atoms with van der Waals surface area (Å²) in [5.41, 5.74) is 0.197. The van der Waals surface area contributed by atoms with Crippen LogP contribution in [0.4, 0.5) is 0 Å². The lowest BCUT2D eigenvalue weighted by Gasteiger charge is -2.40. The van der Waals surface area contributed by atoms with Crippen molar-refractivity contribution in [3.63, 3.8) is 0 Å². The van der Waals surface area contributed by atoms with E-state index in [-0.39, 0.29) is 49.0 Å². The number of likely N-dealkylation sites (tertiary alicyclic amines) is 1. The fourth-order valence-electron chi connectivity index (χ4n) is 6.76. The molecule has 216 valence electrons. The summed E-state index contributed by atoms with van der Waals surface area (Å²) in [6.45, 7) is 9.58. The van der Waals surface area contributed by atoms with E-state index in [1.807, 2.05) is 38.1 Å². The number of aliphatic hydroxyl groups excluding tert-OH is 1. The highest BCUT2D eigenvalue weighted by Crippen LogP contribution is 2.61. The Labute approximate surface area is 241 Å². The molecule has 3 aliphatic heterocycles. The molecule has 0 radical (unpaired) electrons. The molecular weight excluding hydrogens is 582 g/mol. The maximum atomic E-state index is 14.6. The predicted octanol–water partition coefficient (Wildman–Crippen LogP) is 2.12. The number of hydrogen-bond acceptors (Lipinski definition) is 8. The van der Waals surface area contributed by atoms with Crippen molar-refractivity contribution in [3.05, 3.63) is 36.9 Å². The molecule has 8 atom stereocenters. The third-order valence-corrected chi connectivity index (χ3v) is 9.60. The van der Waals surface area contributed by atoms with Crippen molar-refractivity contribution in [3.8, 4) is 0 Å². The normalized spacial score (nSPS) is 30.4. The van der Waals surface area contributed by atoms with Gasteiger partial charge in [0.25, 0.3) is 0 Å². The van der Waals surface area contributed by atoms with E-state index >= 15 is 0 Å². The highest BCUT2D eigenvalue weighted by molar-refractivity contribution is 9.09. The second-order valence-electron chi connectivity index (χ2n) is 10.9. The first-order valence-electron chi connectivity index (χ1n) is 13.8. The number of carbonyl (C=O) groups is 3. The minimum Gasteiger partial charge on any atom is -0.466 e. The van der Waals surface area contributed by atoms with Crippen LogP contribution in [0.2, 0.25) is 0 Å². The van der Waals surface area contributed by atoms with Gasteiger partial charge in [-0.2, -0.15) is 0 Å². The Kier molecular flexibility index (Phi) is 8.04. The summed E-state index contributed by atoms with van der Waals surface area (Å²) >= 11 is 3.67. The lowest BCUT2D eigenvalue weighted by molar-refractivity contribution is -0.157. The number of amides is 2. The number of benzene rings is 1. The second-order valence-corrected chi connectivity index (χ2v) is 12.0. The van der Waals surface area contributed by atoms with Gasteiger partial charge in [-0.25, -0.2) is 4.68 Å². The molecule has 2 aromatic rings. The molecule has 12 heteroatoms. The molecule has 1 aromatic heterocycles. The van der Waals surface area contributed by atoms with Crippen molar-refractivity contribution in [2.24, 2.45) is 17.8 Å². The minimum atomic E-state index is -1.25. The van der Waals surface area contributed by atoms with Crippen molar-refractivity contribution in [1.29, 1.82) is 0 Å². The standard InChI is InChI=1S/C28H36BrN5O6/c1-5-12-32(15-33-19-11-9-8-10-18(19)30-31-33)26(37)24-28-13-17(29)23(40-28)21(27(38)39-7-3)22(28)25(36)34(24)20(14-35)16(4)6-2/h5,8-11,16-17,20-24,35H,1,6-7,12-15H2,2-4H3/t16-,17?,20-,21+,22-,23+,24+,28-/m0/s1. The molecule has 3 aliphatic rings. The summed E-state index contributed by atoms with van der Waals surface area (Å²) in [6, 6.07) is 5.76. The van der Waals surface area contributed by atoms with Gasteiger partial charge in [0.1, 0.15) is 23.8 Å². The Balaban J connectivity index is 1.59. The van der Waals surface area contributed by atoms with E-state index in [2.05, 4.69) is 32.8 Å². The molecular formula is C28H36BrN5O6. The third-order valence-electron chi connectivity index (χ3n) is 8.75. The van der Waals surface area contributed by atoms with Crippen LogP contribution < -0.4 is 0 Å². The Bertz CT molecular complexity index is 1300. The van der Waals surface area contributed by atoms with E-state index in [1.165, 1.54) is 4.90 Å². The molecule has 2 bridgehead atoms. The molecule has 4 heterocycles. The van der Waals surface area contributed by atoms with E-state index in [9.17, 15) is 19.5 Å². The summed E-state index contributed by atoms with van der Waals surface area (Å²) in [7, 11) is 0.